The second-order valence-corrected chi connectivity index (χ2v) is 5.55. The zero-order valence-electron chi connectivity index (χ0n) is 11.7. The number of hydrogen-bond donors (Lipinski definition) is 2. The summed E-state index contributed by atoms with van der Waals surface area (Å²) in [6, 6.07) is 7.45. The SMILES string of the molecule is COc1cccc(C(CC2CCCC(F)(F)C2)NN)c1. The summed E-state index contributed by atoms with van der Waals surface area (Å²) in [6.45, 7) is 0. The number of halogens is 2. The van der Waals surface area contributed by atoms with Crippen LogP contribution < -0.4 is 16.0 Å². The zero-order valence-corrected chi connectivity index (χ0v) is 11.7. The molecule has 0 aliphatic heterocycles. The summed E-state index contributed by atoms with van der Waals surface area (Å²) in [5.74, 6) is 3.84. The van der Waals surface area contributed by atoms with E-state index in [0.717, 1.165) is 17.7 Å². The highest BCUT2D eigenvalue weighted by Gasteiger charge is 2.36. The van der Waals surface area contributed by atoms with Crippen molar-refractivity contribution in [2.75, 3.05) is 7.11 Å². The minimum absolute atomic E-state index is 0.00556. The van der Waals surface area contributed by atoms with E-state index in [9.17, 15) is 8.78 Å². The maximum Gasteiger partial charge on any atom is 0.248 e. The third-order valence-corrected chi connectivity index (χ3v) is 4.01. The van der Waals surface area contributed by atoms with Crippen molar-refractivity contribution in [1.82, 2.24) is 5.43 Å². The first-order valence-electron chi connectivity index (χ1n) is 7.02. The van der Waals surface area contributed by atoms with Crippen molar-refractivity contribution < 1.29 is 13.5 Å². The van der Waals surface area contributed by atoms with Crippen LogP contribution in [-0.2, 0) is 0 Å². The zero-order chi connectivity index (χ0) is 14.6. The first-order valence-corrected chi connectivity index (χ1v) is 7.02. The molecular formula is C15H22F2N2O. The molecule has 0 aromatic heterocycles. The highest BCUT2D eigenvalue weighted by atomic mass is 19.3. The molecule has 1 fully saturated rings. The van der Waals surface area contributed by atoms with Crippen LogP contribution in [0.15, 0.2) is 24.3 Å². The third-order valence-electron chi connectivity index (χ3n) is 4.01. The van der Waals surface area contributed by atoms with Gasteiger partial charge in [-0.15, -0.1) is 0 Å². The number of nitrogens with two attached hydrogens (primary N) is 1. The van der Waals surface area contributed by atoms with E-state index >= 15 is 0 Å². The van der Waals surface area contributed by atoms with Gasteiger partial charge in [-0.3, -0.25) is 11.3 Å². The lowest BCUT2D eigenvalue weighted by molar-refractivity contribution is -0.0548. The van der Waals surface area contributed by atoms with Gasteiger partial charge < -0.3 is 4.74 Å². The Bertz CT molecular complexity index is 440. The van der Waals surface area contributed by atoms with Crippen LogP contribution in [0.5, 0.6) is 5.75 Å². The van der Waals surface area contributed by atoms with Crippen LogP contribution in [0, 0.1) is 5.92 Å². The molecule has 0 spiro atoms. The number of ether oxygens (including phenoxy) is 1. The first-order chi connectivity index (χ1) is 9.54. The Balaban J connectivity index is 2.04. The molecule has 1 aliphatic carbocycles. The van der Waals surface area contributed by atoms with Crippen LogP contribution in [0.1, 0.15) is 43.7 Å². The predicted octanol–water partition coefficient (Wildman–Crippen LogP) is 3.42. The van der Waals surface area contributed by atoms with Crippen molar-refractivity contribution in [3.8, 4) is 5.75 Å². The van der Waals surface area contributed by atoms with Gasteiger partial charge in [-0.25, -0.2) is 8.78 Å². The van der Waals surface area contributed by atoms with Crippen LogP contribution in [0.3, 0.4) is 0 Å². The molecule has 0 bridgehead atoms. The highest BCUT2D eigenvalue weighted by molar-refractivity contribution is 5.30. The van der Waals surface area contributed by atoms with E-state index in [1.807, 2.05) is 24.3 Å². The van der Waals surface area contributed by atoms with Crippen LogP contribution in [0.2, 0.25) is 0 Å². The molecule has 0 radical (unpaired) electrons. The summed E-state index contributed by atoms with van der Waals surface area (Å²) in [5.41, 5.74) is 3.72. The van der Waals surface area contributed by atoms with E-state index in [2.05, 4.69) is 5.43 Å². The molecule has 5 heteroatoms. The minimum Gasteiger partial charge on any atom is -0.497 e. The van der Waals surface area contributed by atoms with Crippen LogP contribution in [0.4, 0.5) is 8.78 Å². The Kier molecular flexibility index (Phi) is 4.94. The molecule has 2 unspecified atom stereocenters. The molecule has 3 nitrogen and oxygen atoms in total. The van der Waals surface area contributed by atoms with Crippen molar-refractivity contribution in [3.05, 3.63) is 29.8 Å². The Hall–Kier alpha value is -1.20. The molecule has 1 aromatic rings. The van der Waals surface area contributed by atoms with Crippen molar-refractivity contribution in [2.45, 2.75) is 44.1 Å². The number of benzene rings is 1. The molecule has 0 heterocycles. The second kappa shape index (κ2) is 6.50. The van der Waals surface area contributed by atoms with E-state index in [4.69, 9.17) is 10.6 Å². The van der Waals surface area contributed by atoms with Gasteiger partial charge in [0.25, 0.3) is 0 Å². The molecule has 1 aliphatic rings. The third kappa shape index (κ3) is 3.90. The molecule has 1 saturated carbocycles. The maximum absolute atomic E-state index is 13.5. The molecule has 0 saturated heterocycles. The van der Waals surface area contributed by atoms with Crippen molar-refractivity contribution in [3.63, 3.8) is 0 Å². The lowest BCUT2D eigenvalue weighted by Crippen LogP contribution is -2.33. The smallest absolute Gasteiger partial charge is 0.248 e. The van der Waals surface area contributed by atoms with Gasteiger partial charge in [0.05, 0.1) is 7.11 Å². The minimum atomic E-state index is -2.52. The quantitative estimate of drug-likeness (QED) is 0.643. The number of hydrazine groups is 1. The highest BCUT2D eigenvalue weighted by Crippen LogP contribution is 2.40. The second-order valence-electron chi connectivity index (χ2n) is 5.55. The maximum atomic E-state index is 13.5. The molecule has 1 aromatic carbocycles. The molecule has 20 heavy (non-hydrogen) atoms. The molecule has 2 rings (SSSR count). The summed E-state index contributed by atoms with van der Waals surface area (Å²) in [6.07, 6.45) is 2.04. The van der Waals surface area contributed by atoms with Crippen LogP contribution >= 0.6 is 0 Å². The van der Waals surface area contributed by atoms with E-state index in [1.165, 1.54) is 0 Å². The number of hydrogen-bond acceptors (Lipinski definition) is 3. The normalized spacial score (nSPS) is 23.3. The number of nitrogens with one attached hydrogen (secondary N) is 1. The molecule has 0 amide bonds. The summed E-state index contributed by atoms with van der Waals surface area (Å²) < 4.78 is 32.1. The van der Waals surface area contributed by atoms with E-state index < -0.39 is 5.92 Å². The van der Waals surface area contributed by atoms with Crippen LogP contribution in [-0.4, -0.2) is 13.0 Å². The van der Waals surface area contributed by atoms with Gasteiger partial charge in [0.1, 0.15) is 5.75 Å². The Morgan fingerprint density at radius 3 is 2.95 bits per heavy atom. The Morgan fingerprint density at radius 2 is 2.30 bits per heavy atom. The Labute approximate surface area is 118 Å². The lowest BCUT2D eigenvalue weighted by Gasteiger charge is -2.31. The van der Waals surface area contributed by atoms with Gasteiger partial charge in [0.2, 0.25) is 5.92 Å². The largest absolute Gasteiger partial charge is 0.497 e. The average molecular weight is 284 g/mol. The molecule has 2 atom stereocenters. The van der Waals surface area contributed by atoms with E-state index in [1.54, 1.807) is 7.11 Å². The molecule has 3 N–H and O–H groups in total. The van der Waals surface area contributed by atoms with Crippen LogP contribution in [0.25, 0.3) is 0 Å². The summed E-state index contributed by atoms with van der Waals surface area (Å²) >= 11 is 0. The van der Waals surface area contributed by atoms with Crippen molar-refractivity contribution in [1.29, 1.82) is 0 Å². The standard InChI is InChI=1S/C15H22F2N2O/c1-20-13-6-2-5-12(9-13)14(19-18)8-11-4-3-7-15(16,17)10-11/h2,5-6,9,11,14,19H,3-4,7-8,10,18H2,1H3. The number of alkyl halides is 2. The first kappa shape index (κ1) is 15.2. The molecule has 112 valence electrons. The van der Waals surface area contributed by atoms with Crippen molar-refractivity contribution in [2.24, 2.45) is 11.8 Å². The van der Waals surface area contributed by atoms with E-state index in [0.29, 0.717) is 12.8 Å². The fraction of sp³-hybridized carbons (Fsp3) is 0.600. The Morgan fingerprint density at radius 1 is 1.50 bits per heavy atom. The van der Waals surface area contributed by atoms with Gasteiger partial charge in [-0.05, 0) is 42.9 Å². The fourth-order valence-electron chi connectivity index (χ4n) is 2.97. The van der Waals surface area contributed by atoms with Gasteiger partial charge in [0.15, 0.2) is 0 Å². The topological polar surface area (TPSA) is 47.3 Å². The predicted molar refractivity (Wildman–Crippen MR) is 74.6 cm³/mol. The number of methoxy groups -OCH3 is 1. The number of rotatable bonds is 5. The monoisotopic (exact) mass is 284 g/mol. The van der Waals surface area contributed by atoms with E-state index in [-0.39, 0.29) is 24.8 Å². The van der Waals surface area contributed by atoms with Gasteiger partial charge in [-0.2, -0.15) is 0 Å². The lowest BCUT2D eigenvalue weighted by atomic mass is 9.81. The van der Waals surface area contributed by atoms with Crippen molar-refractivity contribution >= 4 is 0 Å². The summed E-state index contributed by atoms with van der Waals surface area (Å²) in [5, 5.41) is 0. The summed E-state index contributed by atoms with van der Waals surface area (Å²) in [4.78, 5) is 0. The van der Waals surface area contributed by atoms with Gasteiger partial charge in [0, 0.05) is 18.9 Å². The average Bonchev–Trinajstić information content (AvgIpc) is 2.44. The molecular weight excluding hydrogens is 262 g/mol. The van der Waals surface area contributed by atoms with Gasteiger partial charge >= 0.3 is 0 Å². The summed E-state index contributed by atoms with van der Waals surface area (Å²) in [7, 11) is 1.60. The fourth-order valence-corrected chi connectivity index (χ4v) is 2.97. The van der Waals surface area contributed by atoms with Gasteiger partial charge in [-0.1, -0.05) is 12.1 Å².